The van der Waals surface area contributed by atoms with Crippen LogP contribution in [0.3, 0.4) is 0 Å². The van der Waals surface area contributed by atoms with Crippen LogP contribution in [0.25, 0.3) is 0 Å². The van der Waals surface area contributed by atoms with Crippen LogP contribution in [0.1, 0.15) is 13.3 Å². The Balaban J connectivity index is 2.24. The average Bonchev–Trinajstić information content (AvgIpc) is 2.45. The van der Waals surface area contributed by atoms with Crippen molar-refractivity contribution in [2.24, 2.45) is 0 Å². The summed E-state index contributed by atoms with van der Waals surface area (Å²) in [6.45, 7) is 2.44. The Kier molecular flexibility index (Phi) is 6.32. The molecule has 0 heterocycles. The van der Waals surface area contributed by atoms with Gasteiger partial charge in [-0.25, -0.2) is 13.1 Å². The molecule has 2 rings (SSSR count). The molecule has 6 nitrogen and oxygen atoms in total. The fraction of sp³-hybridized carbons (Fsp3) is 0.571. The molecule has 1 N–H and O–H groups in total. The van der Waals surface area contributed by atoms with Gasteiger partial charge in [-0.2, -0.15) is 0 Å². The molecule has 1 aromatic carbocycles. The Bertz CT molecular complexity index is 669. The number of rotatable bonds is 7. The maximum absolute atomic E-state index is 12.7. The van der Waals surface area contributed by atoms with E-state index in [2.05, 4.69) is 20.7 Å². The van der Waals surface area contributed by atoms with E-state index in [1.165, 1.54) is 20.3 Å². The first-order valence-corrected chi connectivity index (χ1v) is 9.69. The first-order valence-electron chi connectivity index (χ1n) is 7.03. The normalized spacial score (nSPS) is 24.3. The molecule has 1 fully saturated rings. The third-order valence-electron chi connectivity index (χ3n) is 3.68. The van der Waals surface area contributed by atoms with Gasteiger partial charge in [0.2, 0.25) is 10.0 Å². The van der Waals surface area contributed by atoms with Crippen LogP contribution in [-0.4, -0.2) is 47.5 Å². The fourth-order valence-corrected chi connectivity index (χ4v) is 5.23. The Morgan fingerprint density at radius 1 is 1.39 bits per heavy atom. The number of hydrogen-bond acceptors (Lipinski definition) is 5. The van der Waals surface area contributed by atoms with Crippen LogP contribution in [0.15, 0.2) is 21.5 Å². The summed E-state index contributed by atoms with van der Waals surface area (Å²) >= 11 is 9.22. The maximum Gasteiger partial charge on any atom is 0.244 e. The van der Waals surface area contributed by atoms with Gasteiger partial charge in [-0.05, 0) is 41.4 Å². The number of methoxy groups -OCH3 is 2. The SMILES string of the molecule is CCO[C@@H]1C[C@@H](NS(=O)(=O)c2cc(Cl)cc(Br)c2OC)[C@@H]1OC. The van der Waals surface area contributed by atoms with Gasteiger partial charge in [-0.15, -0.1) is 0 Å². The van der Waals surface area contributed by atoms with E-state index in [4.69, 9.17) is 25.8 Å². The predicted molar refractivity (Wildman–Crippen MR) is 90.6 cm³/mol. The molecule has 0 bridgehead atoms. The van der Waals surface area contributed by atoms with Gasteiger partial charge in [0.25, 0.3) is 0 Å². The van der Waals surface area contributed by atoms with Crippen LogP contribution >= 0.6 is 27.5 Å². The van der Waals surface area contributed by atoms with Crippen molar-refractivity contribution in [1.82, 2.24) is 4.72 Å². The first-order chi connectivity index (χ1) is 10.8. The van der Waals surface area contributed by atoms with E-state index >= 15 is 0 Å². The topological polar surface area (TPSA) is 73.9 Å². The lowest BCUT2D eigenvalue weighted by molar-refractivity contribution is -0.126. The van der Waals surface area contributed by atoms with Crippen molar-refractivity contribution in [3.63, 3.8) is 0 Å². The summed E-state index contributed by atoms with van der Waals surface area (Å²) in [7, 11) is -0.877. The highest BCUT2D eigenvalue weighted by Gasteiger charge is 2.44. The molecule has 0 aliphatic heterocycles. The lowest BCUT2D eigenvalue weighted by Crippen LogP contribution is -2.60. The van der Waals surface area contributed by atoms with Gasteiger partial charge in [-0.3, -0.25) is 0 Å². The van der Waals surface area contributed by atoms with E-state index in [1.807, 2.05) is 6.92 Å². The molecule has 1 aliphatic rings. The lowest BCUT2D eigenvalue weighted by atomic mass is 9.86. The van der Waals surface area contributed by atoms with Crippen molar-refractivity contribution in [1.29, 1.82) is 0 Å². The summed E-state index contributed by atoms with van der Waals surface area (Å²) in [6.07, 6.45) is 0.124. The minimum Gasteiger partial charge on any atom is -0.494 e. The summed E-state index contributed by atoms with van der Waals surface area (Å²) in [4.78, 5) is -0.0194. The minimum absolute atomic E-state index is 0.0194. The Morgan fingerprint density at radius 2 is 2.09 bits per heavy atom. The molecule has 23 heavy (non-hydrogen) atoms. The van der Waals surface area contributed by atoms with Crippen LogP contribution in [0.2, 0.25) is 5.02 Å². The van der Waals surface area contributed by atoms with Gasteiger partial charge in [0.15, 0.2) is 5.75 Å². The summed E-state index contributed by atoms with van der Waals surface area (Å²) in [5, 5.41) is 0.294. The molecule has 0 radical (unpaired) electrons. The monoisotopic (exact) mass is 427 g/mol. The van der Waals surface area contributed by atoms with Gasteiger partial charge in [0, 0.05) is 18.7 Å². The molecule has 9 heteroatoms. The van der Waals surface area contributed by atoms with Gasteiger partial charge in [0.1, 0.15) is 4.90 Å². The molecule has 130 valence electrons. The molecular formula is C14H19BrClNO5S. The molecule has 1 aromatic rings. The molecule has 1 saturated carbocycles. The second-order valence-corrected chi connectivity index (χ2v) is 8.05. The number of sulfonamides is 1. The van der Waals surface area contributed by atoms with Crippen LogP contribution in [0, 0.1) is 0 Å². The van der Waals surface area contributed by atoms with E-state index in [-0.39, 0.29) is 28.9 Å². The van der Waals surface area contributed by atoms with Crippen molar-refractivity contribution in [3.05, 3.63) is 21.6 Å². The molecule has 0 amide bonds. The Hall–Kier alpha value is -0.380. The molecule has 0 spiro atoms. The lowest BCUT2D eigenvalue weighted by Gasteiger charge is -2.43. The molecule has 1 aliphatic carbocycles. The van der Waals surface area contributed by atoms with E-state index in [1.54, 1.807) is 6.07 Å². The van der Waals surface area contributed by atoms with E-state index in [0.29, 0.717) is 22.5 Å². The highest BCUT2D eigenvalue weighted by Crippen LogP contribution is 2.36. The molecular weight excluding hydrogens is 410 g/mol. The molecule has 3 atom stereocenters. The number of nitrogens with one attached hydrogen (secondary N) is 1. The fourth-order valence-electron chi connectivity index (χ4n) is 2.59. The van der Waals surface area contributed by atoms with Crippen LogP contribution < -0.4 is 9.46 Å². The zero-order chi connectivity index (χ0) is 17.2. The average molecular weight is 429 g/mol. The minimum atomic E-state index is -3.81. The third-order valence-corrected chi connectivity index (χ3v) is 5.98. The van der Waals surface area contributed by atoms with Gasteiger partial charge in [-0.1, -0.05) is 11.6 Å². The van der Waals surface area contributed by atoms with Crippen LogP contribution in [0.5, 0.6) is 5.75 Å². The molecule has 0 saturated heterocycles. The van der Waals surface area contributed by atoms with Crippen molar-refractivity contribution in [3.8, 4) is 5.75 Å². The van der Waals surface area contributed by atoms with Gasteiger partial charge in [0.05, 0.1) is 29.8 Å². The zero-order valence-electron chi connectivity index (χ0n) is 13.0. The standard InChI is InChI=1S/C14H19BrClNO5S/c1-4-22-11-7-10(14(11)21-3)17-23(18,19)12-6-8(16)5-9(15)13(12)20-2/h5-6,10-11,14,17H,4,7H2,1-3H3/t10-,11-,14+/m1/s1. The van der Waals surface area contributed by atoms with E-state index < -0.39 is 10.0 Å². The van der Waals surface area contributed by atoms with Crippen molar-refractivity contribution in [2.75, 3.05) is 20.8 Å². The maximum atomic E-state index is 12.7. The molecule has 0 aromatic heterocycles. The summed E-state index contributed by atoms with van der Waals surface area (Å²) in [6, 6.07) is 2.57. The third kappa shape index (κ3) is 4.00. The van der Waals surface area contributed by atoms with E-state index in [9.17, 15) is 8.42 Å². The van der Waals surface area contributed by atoms with Crippen molar-refractivity contribution in [2.45, 2.75) is 36.5 Å². The molecule has 0 unspecified atom stereocenters. The summed E-state index contributed by atoms with van der Waals surface area (Å²) in [5.41, 5.74) is 0. The highest BCUT2D eigenvalue weighted by atomic mass is 79.9. The van der Waals surface area contributed by atoms with Gasteiger partial charge < -0.3 is 14.2 Å². The van der Waals surface area contributed by atoms with Crippen LogP contribution in [-0.2, 0) is 19.5 Å². The number of benzene rings is 1. The summed E-state index contributed by atoms with van der Waals surface area (Å²) in [5.74, 6) is 0.205. The second kappa shape index (κ2) is 7.67. The highest BCUT2D eigenvalue weighted by molar-refractivity contribution is 9.10. The predicted octanol–water partition coefficient (Wildman–Crippen LogP) is 2.58. The Morgan fingerprint density at radius 3 is 2.65 bits per heavy atom. The second-order valence-electron chi connectivity index (χ2n) is 5.08. The van der Waals surface area contributed by atoms with E-state index in [0.717, 1.165) is 0 Å². The van der Waals surface area contributed by atoms with Crippen molar-refractivity contribution < 1.29 is 22.6 Å². The van der Waals surface area contributed by atoms with Crippen LogP contribution in [0.4, 0.5) is 0 Å². The van der Waals surface area contributed by atoms with Crippen molar-refractivity contribution >= 4 is 37.6 Å². The number of hydrogen-bond donors (Lipinski definition) is 1. The Labute approximate surface area is 149 Å². The van der Waals surface area contributed by atoms with Gasteiger partial charge >= 0.3 is 0 Å². The quantitative estimate of drug-likeness (QED) is 0.722. The smallest absolute Gasteiger partial charge is 0.244 e. The zero-order valence-corrected chi connectivity index (χ0v) is 16.2. The number of halogens is 2. The number of ether oxygens (including phenoxy) is 3. The first kappa shape index (κ1) is 19.0. The largest absolute Gasteiger partial charge is 0.494 e. The summed E-state index contributed by atoms with van der Waals surface area (Å²) < 4.78 is 44.5.